The van der Waals surface area contributed by atoms with Crippen molar-refractivity contribution in [1.82, 2.24) is 14.5 Å². The van der Waals surface area contributed by atoms with Crippen molar-refractivity contribution in [2.45, 2.75) is 31.7 Å². The van der Waals surface area contributed by atoms with Gasteiger partial charge in [-0.2, -0.15) is 0 Å². The van der Waals surface area contributed by atoms with E-state index < -0.39 is 0 Å². The molecule has 3 heterocycles. The summed E-state index contributed by atoms with van der Waals surface area (Å²) in [5.74, 6) is 0.390. The maximum atomic E-state index is 13.2. The third-order valence-corrected chi connectivity index (χ3v) is 8.63. The lowest BCUT2D eigenvalue weighted by Crippen LogP contribution is -2.42. The number of imidazole rings is 1. The van der Waals surface area contributed by atoms with E-state index in [0.29, 0.717) is 17.2 Å². The highest BCUT2D eigenvalue weighted by molar-refractivity contribution is 7.15. The van der Waals surface area contributed by atoms with Crippen LogP contribution in [0.3, 0.4) is 0 Å². The summed E-state index contributed by atoms with van der Waals surface area (Å²) in [5.41, 5.74) is 2.79. The van der Waals surface area contributed by atoms with Gasteiger partial charge in [-0.15, -0.1) is 11.3 Å². The lowest BCUT2D eigenvalue weighted by Gasteiger charge is -2.46. The first-order chi connectivity index (χ1) is 17.4. The van der Waals surface area contributed by atoms with Gasteiger partial charge < -0.3 is 9.47 Å². The molecule has 182 valence electrons. The largest absolute Gasteiger partial charge is 0.339 e. The first-order valence-electron chi connectivity index (χ1n) is 12.2. The molecule has 1 spiro atoms. The molecule has 0 radical (unpaired) electrons. The number of hydrogen-bond donors (Lipinski definition) is 1. The number of fused-ring (bicyclic) bond motifs is 1. The SMILES string of the molecule is C=CC(=O)N1CCC2(CC(n3c(NC(=O)c4ccc(C5=CC(=O)CC=C5)s4)nc4ccccc43)C2)C1. The van der Waals surface area contributed by atoms with Gasteiger partial charge in [0.05, 0.1) is 15.9 Å². The van der Waals surface area contributed by atoms with Crippen molar-refractivity contribution >= 4 is 51.5 Å². The van der Waals surface area contributed by atoms with Crippen LogP contribution in [0.5, 0.6) is 0 Å². The molecule has 1 aliphatic heterocycles. The minimum atomic E-state index is -0.216. The minimum Gasteiger partial charge on any atom is -0.339 e. The van der Waals surface area contributed by atoms with E-state index in [0.717, 1.165) is 53.8 Å². The van der Waals surface area contributed by atoms with E-state index >= 15 is 0 Å². The standard InChI is InChI=1S/C28H26N4O3S/c1-2-25(34)31-13-12-28(17-31)15-19(16-28)32-22-9-4-3-8-21(22)29-27(32)30-26(35)24-11-10-23(36-24)18-6-5-7-20(33)14-18/h2-6,8-11,14,19H,1,7,12-13,15-17H2,(H,29,30,35). The molecule has 2 fully saturated rings. The van der Waals surface area contributed by atoms with Gasteiger partial charge in [0.15, 0.2) is 5.78 Å². The Bertz CT molecular complexity index is 1470. The Kier molecular flexibility index (Phi) is 5.48. The normalized spacial score (nSPS) is 23.1. The highest BCUT2D eigenvalue weighted by atomic mass is 32.1. The van der Waals surface area contributed by atoms with E-state index in [-0.39, 0.29) is 29.1 Å². The Morgan fingerprint density at radius 3 is 2.83 bits per heavy atom. The van der Waals surface area contributed by atoms with Crippen LogP contribution in [0.2, 0.25) is 0 Å². The summed E-state index contributed by atoms with van der Waals surface area (Å²) in [6, 6.07) is 11.8. The fourth-order valence-electron chi connectivity index (χ4n) is 5.72. The zero-order valence-electron chi connectivity index (χ0n) is 19.8. The maximum Gasteiger partial charge on any atom is 0.268 e. The number of thiophene rings is 1. The summed E-state index contributed by atoms with van der Waals surface area (Å²) in [4.78, 5) is 45.2. The number of allylic oxidation sites excluding steroid dienone is 4. The molecule has 1 N–H and O–H groups in total. The van der Waals surface area contributed by atoms with Crippen molar-refractivity contribution in [2.75, 3.05) is 18.4 Å². The van der Waals surface area contributed by atoms with Gasteiger partial charge in [0, 0.05) is 30.4 Å². The molecule has 7 nitrogen and oxygen atoms in total. The molecular formula is C28H26N4O3S. The van der Waals surface area contributed by atoms with Crippen LogP contribution in [-0.2, 0) is 9.59 Å². The third kappa shape index (κ3) is 3.91. The van der Waals surface area contributed by atoms with Crippen LogP contribution in [0.15, 0.2) is 67.3 Å². The highest BCUT2D eigenvalue weighted by Gasteiger charge is 2.50. The Morgan fingerprint density at radius 2 is 2.03 bits per heavy atom. The smallest absolute Gasteiger partial charge is 0.268 e. The van der Waals surface area contributed by atoms with Crippen LogP contribution in [0.4, 0.5) is 5.95 Å². The number of hydrogen-bond acceptors (Lipinski definition) is 5. The average molecular weight is 499 g/mol. The molecule has 2 aliphatic carbocycles. The van der Waals surface area contributed by atoms with Crippen molar-refractivity contribution in [2.24, 2.45) is 5.41 Å². The van der Waals surface area contributed by atoms with Crippen molar-refractivity contribution in [3.8, 4) is 0 Å². The molecule has 1 aromatic carbocycles. The van der Waals surface area contributed by atoms with Crippen LogP contribution in [0.1, 0.15) is 46.3 Å². The summed E-state index contributed by atoms with van der Waals surface area (Å²) < 4.78 is 2.15. The summed E-state index contributed by atoms with van der Waals surface area (Å²) in [7, 11) is 0. The quantitative estimate of drug-likeness (QED) is 0.502. The summed E-state index contributed by atoms with van der Waals surface area (Å²) >= 11 is 1.36. The van der Waals surface area contributed by atoms with Gasteiger partial charge in [-0.05, 0) is 66.7 Å². The lowest BCUT2D eigenvalue weighted by atomic mass is 9.65. The maximum absolute atomic E-state index is 13.2. The van der Waals surface area contributed by atoms with Gasteiger partial charge in [0.2, 0.25) is 11.9 Å². The van der Waals surface area contributed by atoms with E-state index in [2.05, 4.69) is 16.5 Å². The molecule has 2 aromatic heterocycles. The van der Waals surface area contributed by atoms with Gasteiger partial charge in [0.1, 0.15) is 0 Å². The van der Waals surface area contributed by atoms with Crippen molar-refractivity contribution in [1.29, 1.82) is 0 Å². The Hall–Kier alpha value is -3.78. The second-order valence-corrected chi connectivity index (χ2v) is 10.9. The molecule has 8 heteroatoms. The molecular weight excluding hydrogens is 472 g/mol. The number of amides is 2. The van der Waals surface area contributed by atoms with Crippen molar-refractivity contribution < 1.29 is 14.4 Å². The zero-order chi connectivity index (χ0) is 24.9. The number of para-hydroxylation sites is 2. The summed E-state index contributed by atoms with van der Waals surface area (Å²) in [5, 5.41) is 3.05. The second-order valence-electron chi connectivity index (χ2n) is 9.86. The third-order valence-electron chi connectivity index (χ3n) is 7.50. The van der Waals surface area contributed by atoms with Crippen LogP contribution in [0, 0.1) is 5.41 Å². The van der Waals surface area contributed by atoms with E-state index in [9.17, 15) is 14.4 Å². The first kappa shape index (κ1) is 22.7. The minimum absolute atomic E-state index is 0.00415. The monoisotopic (exact) mass is 498 g/mol. The lowest BCUT2D eigenvalue weighted by molar-refractivity contribution is -0.125. The Balaban J connectivity index is 1.23. The van der Waals surface area contributed by atoms with Crippen LogP contribution >= 0.6 is 11.3 Å². The number of rotatable bonds is 5. The average Bonchev–Trinajstić information content (AvgIpc) is 3.59. The topological polar surface area (TPSA) is 84.3 Å². The van der Waals surface area contributed by atoms with E-state index in [1.165, 1.54) is 17.4 Å². The molecule has 1 saturated heterocycles. The highest BCUT2D eigenvalue weighted by Crippen LogP contribution is 2.55. The summed E-state index contributed by atoms with van der Waals surface area (Å²) in [6.07, 6.45) is 10.1. The number of likely N-dealkylation sites (tertiary alicyclic amines) is 1. The van der Waals surface area contributed by atoms with Crippen molar-refractivity contribution in [3.63, 3.8) is 0 Å². The second kappa shape index (κ2) is 8.71. The molecule has 3 aliphatic rings. The van der Waals surface area contributed by atoms with E-state index in [1.54, 1.807) is 12.1 Å². The molecule has 36 heavy (non-hydrogen) atoms. The number of nitrogens with one attached hydrogen (secondary N) is 1. The molecule has 0 bridgehead atoms. The van der Waals surface area contributed by atoms with Crippen LogP contribution in [-0.4, -0.2) is 45.1 Å². The predicted octanol–water partition coefficient (Wildman–Crippen LogP) is 5.00. The molecule has 2 amide bonds. The van der Waals surface area contributed by atoms with Crippen molar-refractivity contribution in [3.05, 3.63) is 77.0 Å². The zero-order valence-corrected chi connectivity index (χ0v) is 20.6. The number of ketones is 1. The van der Waals surface area contributed by atoms with E-state index in [1.807, 2.05) is 47.4 Å². The number of anilines is 1. The van der Waals surface area contributed by atoms with E-state index in [4.69, 9.17) is 4.98 Å². The Morgan fingerprint density at radius 1 is 1.19 bits per heavy atom. The van der Waals surface area contributed by atoms with Gasteiger partial charge in [-0.1, -0.05) is 30.9 Å². The van der Waals surface area contributed by atoms with Gasteiger partial charge in [-0.25, -0.2) is 4.98 Å². The molecule has 0 atom stereocenters. The molecule has 3 aromatic rings. The predicted molar refractivity (Wildman–Crippen MR) is 141 cm³/mol. The van der Waals surface area contributed by atoms with Gasteiger partial charge in [-0.3, -0.25) is 19.7 Å². The number of nitrogens with zero attached hydrogens (tertiary/aromatic N) is 3. The van der Waals surface area contributed by atoms with Crippen LogP contribution in [0.25, 0.3) is 16.6 Å². The van der Waals surface area contributed by atoms with Gasteiger partial charge in [0.25, 0.3) is 5.91 Å². The number of carbonyl (C=O) groups is 3. The Labute approximate surface area is 212 Å². The fourth-order valence-corrected chi connectivity index (χ4v) is 6.62. The molecule has 0 unspecified atom stereocenters. The van der Waals surface area contributed by atoms with Gasteiger partial charge >= 0.3 is 0 Å². The number of aromatic nitrogens is 2. The molecule has 6 rings (SSSR count). The number of carbonyl (C=O) groups excluding carboxylic acids is 3. The fraction of sp³-hybridized carbons (Fsp3) is 0.286. The number of benzene rings is 1. The summed E-state index contributed by atoms with van der Waals surface area (Å²) in [6.45, 7) is 5.14. The first-order valence-corrected chi connectivity index (χ1v) is 13.0. The molecule has 1 saturated carbocycles. The van der Waals surface area contributed by atoms with Crippen LogP contribution < -0.4 is 5.32 Å².